The standard InChI is InChI=1S/C20H25N/c1-13-7-8-15(14(2)11-13)18-17-16(9-10-21-18)19(3,4)12-20(17,5)6/h7-11H,12H2,1-6H3. The van der Waals surface area contributed by atoms with Gasteiger partial charge in [-0.3, -0.25) is 4.98 Å². The van der Waals surface area contributed by atoms with Gasteiger partial charge in [-0.2, -0.15) is 0 Å². The lowest BCUT2D eigenvalue weighted by atomic mass is 9.81. The highest BCUT2D eigenvalue weighted by Crippen LogP contribution is 2.52. The second kappa shape index (κ2) is 4.43. The van der Waals surface area contributed by atoms with Crippen molar-refractivity contribution in [2.75, 3.05) is 0 Å². The van der Waals surface area contributed by atoms with E-state index >= 15 is 0 Å². The zero-order valence-electron chi connectivity index (χ0n) is 14.0. The Morgan fingerprint density at radius 2 is 1.67 bits per heavy atom. The van der Waals surface area contributed by atoms with E-state index < -0.39 is 0 Å². The molecule has 0 atom stereocenters. The predicted octanol–water partition coefficient (Wildman–Crippen LogP) is 5.32. The van der Waals surface area contributed by atoms with Crippen molar-refractivity contribution in [2.24, 2.45) is 0 Å². The number of nitrogens with zero attached hydrogens (tertiary/aromatic N) is 1. The number of rotatable bonds is 1. The van der Waals surface area contributed by atoms with Gasteiger partial charge in [0.05, 0.1) is 5.69 Å². The number of pyridine rings is 1. The Morgan fingerprint density at radius 1 is 0.952 bits per heavy atom. The molecule has 0 saturated heterocycles. The summed E-state index contributed by atoms with van der Waals surface area (Å²) in [5.74, 6) is 0. The maximum Gasteiger partial charge on any atom is 0.0744 e. The van der Waals surface area contributed by atoms with E-state index in [2.05, 4.69) is 65.8 Å². The molecule has 2 aromatic rings. The molecule has 1 aromatic heterocycles. The Hall–Kier alpha value is -1.63. The summed E-state index contributed by atoms with van der Waals surface area (Å²) in [4.78, 5) is 4.77. The number of fused-ring (bicyclic) bond motifs is 1. The molecule has 1 nitrogen and oxygen atoms in total. The van der Waals surface area contributed by atoms with E-state index in [1.165, 1.54) is 39.9 Å². The number of benzene rings is 1. The van der Waals surface area contributed by atoms with Crippen molar-refractivity contribution in [2.45, 2.75) is 58.8 Å². The number of hydrogen-bond acceptors (Lipinski definition) is 1. The summed E-state index contributed by atoms with van der Waals surface area (Å²) in [5, 5.41) is 0. The highest BCUT2D eigenvalue weighted by molar-refractivity contribution is 5.71. The number of aryl methyl sites for hydroxylation is 2. The Balaban J connectivity index is 2.30. The Bertz CT molecular complexity index is 708. The summed E-state index contributed by atoms with van der Waals surface area (Å²) in [7, 11) is 0. The van der Waals surface area contributed by atoms with Crippen LogP contribution in [0.2, 0.25) is 0 Å². The van der Waals surface area contributed by atoms with Gasteiger partial charge in [0.2, 0.25) is 0 Å². The third-order valence-corrected chi connectivity index (χ3v) is 4.88. The Morgan fingerprint density at radius 3 is 2.33 bits per heavy atom. The minimum Gasteiger partial charge on any atom is -0.256 e. The van der Waals surface area contributed by atoms with Gasteiger partial charge in [-0.05, 0) is 53.9 Å². The molecule has 1 aliphatic carbocycles. The quantitative estimate of drug-likeness (QED) is 0.688. The molecule has 0 spiro atoms. The molecule has 21 heavy (non-hydrogen) atoms. The topological polar surface area (TPSA) is 12.9 Å². The molecule has 0 bridgehead atoms. The van der Waals surface area contributed by atoms with Crippen LogP contribution >= 0.6 is 0 Å². The fourth-order valence-electron chi connectivity index (χ4n) is 4.28. The second-order valence-electron chi connectivity index (χ2n) is 7.85. The molecule has 0 radical (unpaired) electrons. The van der Waals surface area contributed by atoms with E-state index in [0.29, 0.717) is 0 Å². The molecule has 110 valence electrons. The van der Waals surface area contributed by atoms with Crippen LogP contribution in [0.4, 0.5) is 0 Å². The summed E-state index contributed by atoms with van der Waals surface area (Å²) in [5.41, 5.74) is 8.41. The molecule has 1 aromatic carbocycles. The smallest absolute Gasteiger partial charge is 0.0744 e. The second-order valence-corrected chi connectivity index (χ2v) is 7.85. The zero-order chi connectivity index (χ0) is 15.4. The number of hydrogen-bond donors (Lipinski definition) is 0. The lowest BCUT2D eigenvalue weighted by Crippen LogP contribution is -2.18. The maximum absolute atomic E-state index is 4.77. The van der Waals surface area contributed by atoms with E-state index in [9.17, 15) is 0 Å². The van der Waals surface area contributed by atoms with Gasteiger partial charge in [0, 0.05) is 11.8 Å². The van der Waals surface area contributed by atoms with E-state index in [4.69, 9.17) is 4.98 Å². The van der Waals surface area contributed by atoms with Gasteiger partial charge in [0.1, 0.15) is 0 Å². The first kappa shape index (κ1) is 14.3. The van der Waals surface area contributed by atoms with E-state index in [1.54, 1.807) is 0 Å². The van der Waals surface area contributed by atoms with Crippen LogP contribution in [0, 0.1) is 13.8 Å². The molecular formula is C20H25N. The number of aromatic nitrogens is 1. The van der Waals surface area contributed by atoms with Crippen molar-refractivity contribution < 1.29 is 0 Å². The monoisotopic (exact) mass is 279 g/mol. The van der Waals surface area contributed by atoms with Crippen LogP contribution in [-0.4, -0.2) is 4.98 Å². The first-order chi connectivity index (χ1) is 9.72. The first-order valence-corrected chi connectivity index (χ1v) is 7.80. The molecule has 0 aliphatic heterocycles. The average molecular weight is 279 g/mol. The van der Waals surface area contributed by atoms with Crippen LogP contribution in [-0.2, 0) is 10.8 Å². The minimum absolute atomic E-state index is 0.180. The van der Waals surface area contributed by atoms with Crippen LogP contribution in [0.5, 0.6) is 0 Å². The van der Waals surface area contributed by atoms with Crippen molar-refractivity contribution in [1.29, 1.82) is 0 Å². The van der Waals surface area contributed by atoms with Crippen molar-refractivity contribution in [1.82, 2.24) is 4.98 Å². The molecular weight excluding hydrogens is 254 g/mol. The molecule has 3 rings (SSSR count). The molecule has 0 unspecified atom stereocenters. The summed E-state index contributed by atoms with van der Waals surface area (Å²) in [6.07, 6.45) is 3.16. The summed E-state index contributed by atoms with van der Waals surface area (Å²) in [6.45, 7) is 13.8. The Labute approximate surface area is 128 Å². The lowest BCUT2D eigenvalue weighted by molar-refractivity contribution is 0.403. The van der Waals surface area contributed by atoms with E-state index in [-0.39, 0.29) is 10.8 Å². The van der Waals surface area contributed by atoms with E-state index in [1.807, 2.05) is 6.20 Å². The fraction of sp³-hybridized carbons (Fsp3) is 0.450. The van der Waals surface area contributed by atoms with Crippen LogP contribution in [0.15, 0.2) is 30.5 Å². The average Bonchev–Trinajstić information content (AvgIpc) is 2.55. The van der Waals surface area contributed by atoms with Crippen LogP contribution in [0.1, 0.15) is 56.4 Å². The van der Waals surface area contributed by atoms with Gasteiger partial charge in [0.25, 0.3) is 0 Å². The largest absolute Gasteiger partial charge is 0.256 e. The molecule has 1 heteroatoms. The minimum atomic E-state index is 0.180. The van der Waals surface area contributed by atoms with Crippen molar-refractivity contribution in [3.63, 3.8) is 0 Å². The highest BCUT2D eigenvalue weighted by Gasteiger charge is 2.43. The predicted molar refractivity (Wildman–Crippen MR) is 89.8 cm³/mol. The van der Waals surface area contributed by atoms with Crippen LogP contribution in [0.25, 0.3) is 11.3 Å². The molecule has 0 saturated carbocycles. The van der Waals surface area contributed by atoms with Gasteiger partial charge >= 0.3 is 0 Å². The van der Waals surface area contributed by atoms with Gasteiger partial charge in [-0.1, -0.05) is 51.5 Å². The van der Waals surface area contributed by atoms with Crippen LogP contribution in [0.3, 0.4) is 0 Å². The normalized spacial score (nSPS) is 18.6. The Kier molecular flexibility index (Phi) is 3.02. The van der Waals surface area contributed by atoms with Gasteiger partial charge in [0.15, 0.2) is 0 Å². The fourth-order valence-corrected chi connectivity index (χ4v) is 4.28. The zero-order valence-corrected chi connectivity index (χ0v) is 14.0. The van der Waals surface area contributed by atoms with Crippen molar-refractivity contribution in [3.05, 3.63) is 52.7 Å². The SMILES string of the molecule is Cc1ccc(-c2nccc3c2C(C)(C)CC3(C)C)c(C)c1. The summed E-state index contributed by atoms with van der Waals surface area (Å²) >= 11 is 0. The lowest BCUT2D eigenvalue weighted by Gasteiger charge is -2.23. The maximum atomic E-state index is 4.77. The molecule has 0 amide bonds. The first-order valence-electron chi connectivity index (χ1n) is 7.80. The molecule has 1 aliphatic rings. The summed E-state index contributed by atoms with van der Waals surface area (Å²) < 4.78 is 0. The molecule has 1 heterocycles. The highest BCUT2D eigenvalue weighted by atomic mass is 14.7. The van der Waals surface area contributed by atoms with Gasteiger partial charge < -0.3 is 0 Å². The third-order valence-electron chi connectivity index (χ3n) is 4.88. The molecule has 0 N–H and O–H groups in total. The van der Waals surface area contributed by atoms with Gasteiger partial charge in [-0.15, -0.1) is 0 Å². The van der Waals surface area contributed by atoms with Gasteiger partial charge in [-0.25, -0.2) is 0 Å². The van der Waals surface area contributed by atoms with Crippen molar-refractivity contribution >= 4 is 0 Å². The van der Waals surface area contributed by atoms with Crippen molar-refractivity contribution in [3.8, 4) is 11.3 Å². The summed E-state index contributed by atoms with van der Waals surface area (Å²) in [6, 6.07) is 8.89. The third kappa shape index (κ3) is 2.19. The van der Waals surface area contributed by atoms with Crippen LogP contribution < -0.4 is 0 Å². The van der Waals surface area contributed by atoms with E-state index in [0.717, 1.165) is 0 Å². The molecule has 0 fully saturated rings.